The summed E-state index contributed by atoms with van der Waals surface area (Å²) in [6, 6.07) is 1.52. The molecule has 0 aromatic carbocycles. The monoisotopic (exact) mass is 536 g/mol. The number of rotatable bonds is 7. The van der Waals surface area contributed by atoms with Crippen LogP contribution >= 0.6 is 21.9 Å². The van der Waals surface area contributed by atoms with E-state index >= 15 is 0 Å². The van der Waals surface area contributed by atoms with E-state index in [4.69, 9.17) is 14.7 Å². The number of aryl methyl sites for hydroxylation is 1. The number of hydrogen-bond acceptors (Lipinski definition) is 10. The van der Waals surface area contributed by atoms with Crippen molar-refractivity contribution in [2.24, 2.45) is 7.05 Å². The Hall–Kier alpha value is -2.78. The summed E-state index contributed by atoms with van der Waals surface area (Å²) < 4.78 is 27.3. The summed E-state index contributed by atoms with van der Waals surface area (Å²) in [7, 11) is -1.16. The molecule has 0 saturated carbocycles. The first-order chi connectivity index (χ1) is 16.9. The van der Waals surface area contributed by atoms with Gasteiger partial charge in [0.2, 0.25) is 0 Å². The predicted octanol–water partition coefficient (Wildman–Crippen LogP) is 3.50. The molecule has 36 heavy (non-hydrogen) atoms. The lowest BCUT2D eigenvalue weighted by atomic mass is 10.1. The van der Waals surface area contributed by atoms with Crippen molar-refractivity contribution >= 4 is 38.9 Å². The van der Waals surface area contributed by atoms with E-state index in [0.29, 0.717) is 53.6 Å². The molecule has 0 bridgehead atoms. The van der Waals surface area contributed by atoms with Crippen molar-refractivity contribution in [1.29, 1.82) is 0 Å². The molecule has 1 saturated heterocycles. The van der Waals surface area contributed by atoms with Crippen LogP contribution in [0.15, 0.2) is 24.7 Å². The SMILES string of the molecule is C[C@H]1COCCN1c1cc(C(C)(C)S(C)(O)O)nc(-c2cnc(NC(=O)NCc3cnn(C)c3)s2)n1. The van der Waals surface area contributed by atoms with E-state index in [0.717, 1.165) is 5.56 Å². The molecule has 2 amide bonds. The highest BCUT2D eigenvalue weighted by Crippen LogP contribution is 2.55. The maximum absolute atomic E-state index is 12.3. The highest BCUT2D eigenvalue weighted by molar-refractivity contribution is 8.24. The van der Waals surface area contributed by atoms with Gasteiger partial charge in [-0.2, -0.15) is 15.7 Å². The molecule has 0 spiro atoms. The van der Waals surface area contributed by atoms with Gasteiger partial charge in [0.15, 0.2) is 11.0 Å². The maximum Gasteiger partial charge on any atom is 0.321 e. The Labute approximate surface area is 215 Å². The number of carbonyl (C=O) groups is 1. The van der Waals surface area contributed by atoms with Gasteiger partial charge in [-0.1, -0.05) is 11.3 Å². The van der Waals surface area contributed by atoms with Gasteiger partial charge in [-0.3, -0.25) is 19.1 Å². The predicted molar refractivity (Wildman–Crippen MR) is 142 cm³/mol. The minimum absolute atomic E-state index is 0.0987. The van der Waals surface area contributed by atoms with Crippen LogP contribution in [0.2, 0.25) is 0 Å². The van der Waals surface area contributed by atoms with E-state index in [1.807, 2.05) is 19.3 Å². The summed E-state index contributed by atoms with van der Waals surface area (Å²) in [6.45, 7) is 7.71. The topological polar surface area (TPSA) is 151 Å². The minimum Gasteiger partial charge on any atom is -0.377 e. The van der Waals surface area contributed by atoms with Crippen LogP contribution in [0.5, 0.6) is 0 Å². The van der Waals surface area contributed by atoms with Crippen molar-refractivity contribution in [2.45, 2.75) is 38.1 Å². The molecule has 12 nitrogen and oxygen atoms in total. The third-order valence-corrected chi connectivity index (χ3v) is 9.17. The number of nitrogens with zero attached hydrogens (tertiary/aromatic N) is 6. The number of thiazole rings is 1. The van der Waals surface area contributed by atoms with Gasteiger partial charge in [-0.15, -0.1) is 0 Å². The zero-order valence-corrected chi connectivity index (χ0v) is 22.6. The third kappa shape index (κ3) is 5.78. The number of urea groups is 1. The number of anilines is 2. The van der Waals surface area contributed by atoms with Crippen molar-refractivity contribution in [3.63, 3.8) is 0 Å². The van der Waals surface area contributed by atoms with Crippen molar-refractivity contribution in [3.8, 4) is 10.7 Å². The van der Waals surface area contributed by atoms with Crippen LogP contribution in [0.4, 0.5) is 15.7 Å². The fourth-order valence-corrected chi connectivity index (χ4v) is 4.83. The summed E-state index contributed by atoms with van der Waals surface area (Å²) >= 11 is 1.24. The van der Waals surface area contributed by atoms with E-state index in [1.165, 1.54) is 17.6 Å². The van der Waals surface area contributed by atoms with Crippen LogP contribution in [0.3, 0.4) is 0 Å². The molecule has 1 atom stereocenters. The lowest BCUT2D eigenvalue weighted by Crippen LogP contribution is -2.44. The van der Waals surface area contributed by atoms with Crippen LogP contribution in [0, 0.1) is 0 Å². The van der Waals surface area contributed by atoms with Gasteiger partial charge in [0.1, 0.15) is 5.82 Å². The van der Waals surface area contributed by atoms with Crippen molar-refractivity contribution in [3.05, 3.63) is 35.9 Å². The molecular formula is C22H32N8O4S2. The second kappa shape index (κ2) is 10.3. The quantitative estimate of drug-likeness (QED) is 0.356. The smallest absolute Gasteiger partial charge is 0.321 e. The fraction of sp³-hybridized carbons (Fsp3) is 0.500. The van der Waals surface area contributed by atoms with E-state index in [9.17, 15) is 13.9 Å². The molecule has 4 N–H and O–H groups in total. The first-order valence-electron chi connectivity index (χ1n) is 11.4. The van der Waals surface area contributed by atoms with Crippen LogP contribution < -0.4 is 15.5 Å². The van der Waals surface area contributed by atoms with Gasteiger partial charge in [0.25, 0.3) is 0 Å². The van der Waals surface area contributed by atoms with Gasteiger partial charge < -0.3 is 15.0 Å². The van der Waals surface area contributed by atoms with E-state index in [-0.39, 0.29) is 6.04 Å². The first-order valence-corrected chi connectivity index (χ1v) is 14.2. The van der Waals surface area contributed by atoms with Gasteiger partial charge in [0, 0.05) is 44.2 Å². The number of morpholine rings is 1. The van der Waals surface area contributed by atoms with Crippen molar-refractivity contribution < 1.29 is 18.6 Å². The Morgan fingerprint density at radius 2 is 2.11 bits per heavy atom. The Morgan fingerprint density at radius 1 is 1.33 bits per heavy atom. The Morgan fingerprint density at radius 3 is 2.78 bits per heavy atom. The molecule has 0 aliphatic carbocycles. The normalized spacial score (nSPS) is 17.2. The lowest BCUT2D eigenvalue weighted by molar-refractivity contribution is 0.0985. The summed E-state index contributed by atoms with van der Waals surface area (Å²) in [4.78, 5) is 28.9. The molecule has 1 aliphatic rings. The molecule has 0 unspecified atom stereocenters. The van der Waals surface area contributed by atoms with E-state index < -0.39 is 21.4 Å². The minimum atomic E-state index is -2.97. The van der Waals surface area contributed by atoms with Gasteiger partial charge in [0.05, 0.1) is 47.0 Å². The number of amides is 2. The maximum atomic E-state index is 12.3. The van der Waals surface area contributed by atoms with E-state index in [1.54, 1.807) is 30.9 Å². The van der Waals surface area contributed by atoms with Gasteiger partial charge in [-0.05, 0) is 20.8 Å². The molecule has 1 aliphatic heterocycles. The van der Waals surface area contributed by atoms with Gasteiger partial charge in [-0.25, -0.2) is 19.7 Å². The number of ether oxygens (including phenoxy) is 1. The molecular weight excluding hydrogens is 504 g/mol. The highest BCUT2D eigenvalue weighted by atomic mass is 32.3. The van der Waals surface area contributed by atoms with Crippen LogP contribution in [-0.2, 0) is 23.1 Å². The van der Waals surface area contributed by atoms with Gasteiger partial charge >= 0.3 is 6.03 Å². The lowest BCUT2D eigenvalue weighted by Gasteiger charge is -2.43. The Balaban J connectivity index is 1.59. The summed E-state index contributed by atoms with van der Waals surface area (Å²) in [5.74, 6) is 1.08. The van der Waals surface area contributed by atoms with Crippen LogP contribution in [0.1, 0.15) is 32.0 Å². The third-order valence-electron chi connectivity index (χ3n) is 6.12. The number of carbonyl (C=O) groups excluding carboxylic acids is 1. The average molecular weight is 537 g/mol. The number of hydrogen-bond donors (Lipinski definition) is 4. The molecule has 196 valence electrons. The standard InChI is InChI=1S/C22H32N8O4S2/c1-14-13-34-7-6-30(14)18-8-17(22(2,3)36(5,32)33)26-19(27-18)16-11-24-21(35-16)28-20(31)23-9-15-10-25-29(4)12-15/h8,10-12,14,32-33H,6-7,9,13H2,1-5H3,(H2,23,24,28,31)/t14-/m0/s1. The molecule has 14 heteroatoms. The zero-order valence-electron chi connectivity index (χ0n) is 20.9. The van der Waals surface area contributed by atoms with Crippen molar-refractivity contribution in [1.82, 2.24) is 30.0 Å². The highest BCUT2D eigenvalue weighted by Gasteiger charge is 2.36. The summed E-state index contributed by atoms with van der Waals surface area (Å²) in [5.41, 5.74) is 1.40. The van der Waals surface area contributed by atoms with Crippen LogP contribution in [0.25, 0.3) is 10.7 Å². The Kier molecular flexibility index (Phi) is 7.52. The second-order valence-corrected chi connectivity index (χ2v) is 13.0. The Bertz CT molecular complexity index is 1220. The summed E-state index contributed by atoms with van der Waals surface area (Å²) in [5, 5.41) is 9.98. The number of aromatic nitrogens is 5. The second-order valence-electron chi connectivity index (χ2n) is 9.26. The zero-order chi connectivity index (χ0) is 26.1. The van der Waals surface area contributed by atoms with Crippen molar-refractivity contribution in [2.75, 3.05) is 36.2 Å². The molecule has 3 aromatic rings. The fourth-order valence-electron chi connectivity index (χ4n) is 3.59. The molecule has 3 aromatic heterocycles. The number of nitrogens with one attached hydrogen (secondary N) is 2. The first kappa shape index (κ1) is 26.3. The summed E-state index contributed by atoms with van der Waals surface area (Å²) in [6.07, 6.45) is 6.53. The van der Waals surface area contributed by atoms with E-state index in [2.05, 4.69) is 32.5 Å². The molecule has 0 radical (unpaired) electrons. The average Bonchev–Trinajstić information content (AvgIpc) is 3.46. The molecule has 4 heterocycles. The molecule has 4 rings (SSSR count). The largest absolute Gasteiger partial charge is 0.377 e. The van der Waals surface area contributed by atoms with Crippen LogP contribution in [-0.4, -0.2) is 71.9 Å². The molecule has 1 fully saturated rings.